The molecule has 3 nitrogen and oxygen atoms in total. The Hall–Kier alpha value is -0.120. The number of aliphatic hydroxyl groups is 2. The van der Waals surface area contributed by atoms with E-state index in [-0.39, 0.29) is 12.0 Å². The van der Waals surface area contributed by atoms with Crippen LogP contribution in [0.1, 0.15) is 32.1 Å². The van der Waals surface area contributed by atoms with Crippen molar-refractivity contribution < 1.29 is 14.9 Å². The molecular formula is C10H18O3. The number of hydrogen-bond acceptors (Lipinski definition) is 3. The Labute approximate surface area is 78.7 Å². The van der Waals surface area contributed by atoms with E-state index in [1.54, 1.807) is 0 Å². The predicted molar refractivity (Wildman–Crippen MR) is 48.4 cm³/mol. The van der Waals surface area contributed by atoms with E-state index in [1.807, 2.05) is 0 Å². The minimum absolute atomic E-state index is 0.104. The van der Waals surface area contributed by atoms with Gasteiger partial charge in [-0.15, -0.1) is 0 Å². The smallest absolute Gasteiger partial charge is 0.0727 e. The number of rotatable bonds is 2. The van der Waals surface area contributed by atoms with E-state index in [0.29, 0.717) is 13.2 Å². The standard InChI is InChI=1S/C10H18O3/c11-8-9(4-6-13-7-5-9)10(12)2-1-3-10/h11-12H,1-8H2. The summed E-state index contributed by atoms with van der Waals surface area (Å²) in [6.45, 7) is 1.47. The lowest BCUT2D eigenvalue weighted by Crippen LogP contribution is -2.57. The Morgan fingerprint density at radius 1 is 1.08 bits per heavy atom. The summed E-state index contributed by atoms with van der Waals surface area (Å²) in [5.41, 5.74) is -0.852. The largest absolute Gasteiger partial charge is 0.396 e. The van der Waals surface area contributed by atoms with Gasteiger partial charge in [0.2, 0.25) is 0 Å². The molecule has 0 aromatic heterocycles. The van der Waals surface area contributed by atoms with Crippen LogP contribution in [0, 0.1) is 5.41 Å². The van der Waals surface area contributed by atoms with E-state index < -0.39 is 5.60 Å². The van der Waals surface area contributed by atoms with Gasteiger partial charge < -0.3 is 14.9 Å². The van der Waals surface area contributed by atoms with Crippen molar-refractivity contribution in [3.8, 4) is 0 Å². The Bertz CT molecular complexity index is 181. The van der Waals surface area contributed by atoms with E-state index >= 15 is 0 Å². The van der Waals surface area contributed by atoms with Crippen LogP contribution in [0.2, 0.25) is 0 Å². The summed E-state index contributed by atoms with van der Waals surface area (Å²) >= 11 is 0. The predicted octanol–water partition coefficient (Wildman–Crippen LogP) is 0.690. The van der Waals surface area contributed by atoms with Gasteiger partial charge >= 0.3 is 0 Å². The van der Waals surface area contributed by atoms with Crippen LogP contribution in [0.25, 0.3) is 0 Å². The molecule has 2 rings (SSSR count). The second kappa shape index (κ2) is 3.23. The number of aliphatic hydroxyl groups excluding tert-OH is 1. The molecule has 1 heterocycles. The SMILES string of the molecule is OCC1(C2(O)CCC2)CCOCC1. The Morgan fingerprint density at radius 2 is 1.69 bits per heavy atom. The van der Waals surface area contributed by atoms with Crippen molar-refractivity contribution >= 4 is 0 Å². The average molecular weight is 186 g/mol. The summed E-state index contributed by atoms with van der Waals surface area (Å²) in [4.78, 5) is 0. The highest BCUT2D eigenvalue weighted by molar-refractivity contribution is 5.04. The van der Waals surface area contributed by atoms with Gasteiger partial charge in [-0.25, -0.2) is 0 Å². The van der Waals surface area contributed by atoms with Crippen LogP contribution < -0.4 is 0 Å². The van der Waals surface area contributed by atoms with Crippen LogP contribution in [0.4, 0.5) is 0 Å². The second-order valence-corrected chi connectivity index (χ2v) is 4.44. The summed E-state index contributed by atoms with van der Waals surface area (Å²) in [5.74, 6) is 0. The molecular weight excluding hydrogens is 168 g/mol. The molecule has 1 saturated heterocycles. The van der Waals surface area contributed by atoms with Crippen LogP contribution in [-0.4, -0.2) is 35.6 Å². The fraction of sp³-hybridized carbons (Fsp3) is 1.00. The third kappa shape index (κ3) is 1.30. The number of ether oxygens (including phenoxy) is 1. The third-order valence-corrected chi connectivity index (χ3v) is 3.92. The molecule has 1 saturated carbocycles. The maximum Gasteiger partial charge on any atom is 0.0727 e. The van der Waals surface area contributed by atoms with Crippen LogP contribution in [0.15, 0.2) is 0 Å². The average Bonchev–Trinajstić information content (AvgIpc) is 2.15. The van der Waals surface area contributed by atoms with Crippen LogP contribution in [0.3, 0.4) is 0 Å². The van der Waals surface area contributed by atoms with E-state index in [4.69, 9.17) is 4.74 Å². The van der Waals surface area contributed by atoms with Crippen LogP contribution >= 0.6 is 0 Å². The lowest BCUT2D eigenvalue weighted by molar-refractivity contribution is -0.190. The molecule has 13 heavy (non-hydrogen) atoms. The highest BCUT2D eigenvalue weighted by Crippen LogP contribution is 2.51. The molecule has 0 atom stereocenters. The summed E-state index contributed by atoms with van der Waals surface area (Å²) in [5, 5.41) is 19.7. The van der Waals surface area contributed by atoms with Gasteiger partial charge in [0.1, 0.15) is 0 Å². The van der Waals surface area contributed by atoms with Gasteiger partial charge in [-0.2, -0.15) is 0 Å². The normalized spacial score (nSPS) is 30.9. The van der Waals surface area contributed by atoms with Crippen molar-refractivity contribution in [3.63, 3.8) is 0 Å². The first-order valence-corrected chi connectivity index (χ1v) is 5.13. The highest BCUT2D eigenvalue weighted by Gasteiger charge is 2.53. The maximum absolute atomic E-state index is 10.3. The van der Waals surface area contributed by atoms with Crippen molar-refractivity contribution in [2.45, 2.75) is 37.7 Å². The monoisotopic (exact) mass is 186 g/mol. The molecule has 2 aliphatic rings. The molecule has 1 aliphatic heterocycles. The van der Waals surface area contributed by atoms with Gasteiger partial charge in [0.05, 0.1) is 12.2 Å². The molecule has 0 spiro atoms. The van der Waals surface area contributed by atoms with Gasteiger partial charge in [-0.1, -0.05) is 0 Å². The molecule has 0 aromatic rings. The molecule has 76 valence electrons. The Kier molecular flexibility index (Phi) is 2.34. The van der Waals surface area contributed by atoms with E-state index in [1.165, 1.54) is 0 Å². The van der Waals surface area contributed by atoms with Crippen LogP contribution in [-0.2, 0) is 4.74 Å². The summed E-state index contributed by atoms with van der Waals surface area (Å²) in [6, 6.07) is 0. The zero-order valence-electron chi connectivity index (χ0n) is 7.96. The first kappa shape index (κ1) is 9.44. The zero-order valence-corrected chi connectivity index (χ0v) is 7.96. The fourth-order valence-electron chi connectivity index (χ4n) is 2.57. The van der Waals surface area contributed by atoms with Gasteiger partial charge in [-0.05, 0) is 32.1 Å². The van der Waals surface area contributed by atoms with Crippen molar-refractivity contribution in [2.75, 3.05) is 19.8 Å². The summed E-state index contributed by atoms with van der Waals surface area (Å²) < 4.78 is 5.27. The molecule has 0 radical (unpaired) electrons. The van der Waals surface area contributed by atoms with Crippen molar-refractivity contribution in [2.24, 2.45) is 5.41 Å². The molecule has 0 bridgehead atoms. The van der Waals surface area contributed by atoms with E-state index in [2.05, 4.69) is 0 Å². The van der Waals surface area contributed by atoms with Crippen molar-refractivity contribution in [1.29, 1.82) is 0 Å². The van der Waals surface area contributed by atoms with E-state index in [0.717, 1.165) is 32.1 Å². The zero-order chi connectivity index (χ0) is 9.36. The molecule has 3 heteroatoms. The van der Waals surface area contributed by atoms with Gasteiger partial charge in [-0.3, -0.25) is 0 Å². The molecule has 0 aromatic carbocycles. The van der Waals surface area contributed by atoms with Gasteiger partial charge in [0.15, 0.2) is 0 Å². The van der Waals surface area contributed by atoms with Crippen LogP contribution in [0.5, 0.6) is 0 Å². The third-order valence-electron chi connectivity index (χ3n) is 3.92. The quantitative estimate of drug-likeness (QED) is 0.667. The Morgan fingerprint density at radius 3 is 2.08 bits per heavy atom. The van der Waals surface area contributed by atoms with Crippen molar-refractivity contribution in [3.05, 3.63) is 0 Å². The molecule has 1 aliphatic carbocycles. The lowest BCUT2D eigenvalue weighted by Gasteiger charge is -2.53. The Balaban J connectivity index is 2.12. The van der Waals surface area contributed by atoms with Gasteiger partial charge in [0.25, 0.3) is 0 Å². The second-order valence-electron chi connectivity index (χ2n) is 4.44. The maximum atomic E-state index is 10.3. The molecule has 0 unspecified atom stereocenters. The van der Waals surface area contributed by atoms with Gasteiger partial charge in [0, 0.05) is 18.6 Å². The molecule has 0 amide bonds. The molecule has 2 N–H and O–H groups in total. The highest BCUT2D eigenvalue weighted by atomic mass is 16.5. The summed E-state index contributed by atoms with van der Waals surface area (Å²) in [7, 11) is 0. The van der Waals surface area contributed by atoms with Crippen molar-refractivity contribution in [1.82, 2.24) is 0 Å². The number of hydrogen-bond donors (Lipinski definition) is 2. The minimum Gasteiger partial charge on any atom is -0.396 e. The first-order valence-electron chi connectivity index (χ1n) is 5.13. The molecule has 2 fully saturated rings. The minimum atomic E-state index is -0.592. The summed E-state index contributed by atoms with van der Waals surface area (Å²) in [6.07, 6.45) is 4.42. The fourth-order valence-corrected chi connectivity index (χ4v) is 2.57. The lowest BCUT2D eigenvalue weighted by atomic mass is 9.58. The van der Waals surface area contributed by atoms with E-state index in [9.17, 15) is 10.2 Å². The topological polar surface area (TPSA) is 49.7 Å². The first-order chi connectivity index (χ1) is 6.22.